The smallest absolute Gasteiger partial charge is 0.255 e. The molecule has 0 saturated carbocycles. The number of ether oxygens (including phenoxy) is 1. The van der Waals surface area contributed by atoms with Gasteiger partial charge < -0.3 is 14.1 Å². The van der Waals surface area contributed by atoms with Crippen LogP contribution in [0.5, 0.6) is 0 Å². The molecule has 1 heterocycles. The molecule has 0 aromatic heterocycles. The number of carbonyl (C=O) groups excluding carboxylic acids is 1. The van der Waals surface area contributed by atoms with Crippen LogP contribution in [0.4, 0.5) is 0 Å². The molecule has 1 aliphatic rings. The van der Waals surface area contributed by atoms with Gasteiger partial charge in [-0.3, -0.25) is 4.79 Å². The summed E-state index contributed by atoms with van der Waals surface area (Å²) < 4.78 is 13.0. The summed E-state index contributed by atoms with van der Waals surface area (Å²) in [4.78, 5) is 15.8. The van der Waals surface area contributed by atoms with Gasteiger partial charge in [-0.15, -0.1) is 0 Å². The van der Waals surface area contributed by atoms with E-state index >= 15 is 0 Å². The van der Waals surface area contributed by atoms with Crippen LogP contribution in [-0.4, -0.2) is 38.1 Å². The fourth-order valence-electron chi connectivity index (χ4n) is 4.65. The summed E-state index contributed by atoms with van der Waals surface area (Å²) in [6.45, 7) is 6.49. The zero-order valence-corrected chi connectivity index (χ0v) is 20.2. The lowest BCUT2D eigenvalue weighted by atomic mass is 9.77. The van der Waals surface area contributed by atoms with E-state index in [2.05, 4.69) is 43.9 Å². The topological polar surface area (TPSA) is 38.8 Å². The Morgan fingerprint density at radius 1 is 0.875 bits per heavy atom. The van der Waals surface area contributed by atoms with E-state index in [9.17, 15) is 4.79 Å². The Kier molecular flexibility index (Phi) is 6.33. The van der Waals surface area contributed by atoms with Crippen molar-refractivity contribution in [2.75, 3.05) is 7.11 Å². The fourth-order valence-corrected chi connectivity index (χ4v) is 5.94. The predicted molar refractivity (Wildman–Crippen MR) is 130 cm³/mol. The SMILES string of the molecule is CO[C@@]1(O[Si](C)(C)C)[C@H](Cc2ccccc2)N(C(=O)c2ccccc2)[C@@H]1c1ccccc1. The van der Waals surface area contributed by atoms with Crippen LogP contribution in [0.3, 0.4) is 0 Å². The minimum absolute atomic E-state index is 0.00719. The summed E-state index contributed by atoms with van der Waals surface area (Å²) >= 11 is 0. The Labute approximate surface area is 191 Å². The van der Waals surface area contributed by atoms with Gasteiger partial charge in [0.15, 0.2) is 8.32 Å². The molecule has 32 heavy (non-hydrogen) atoms. The van der Waals surface area contributed by atoms with Gasteiger partial charge in [0.1, 0.15) is 6.04 Å². The number of hydrogen-bond donors (Lipinski definition) is 0. The fraction of sp³-hybridized carbons (Fsp3) is 0.296. The van der Waals surface area contributed by atoms with Crippen molar-refractivity contribution in [3.8, 4) is 0 Å². The molecule has 0 spiro atoms. The summed E-state index contributed by atoms with van der Waals surface area (Å²) in [5, 5.41) is 0. The lowest BCUT2D eigenvalue weighted by molar-refractivity contribution is -0.309. The number of nitrogens with zero attached hydrogens (tertiary/aromatic N) is 1. The molecular formula is C27H31NO3Si. The maximum Gasteiger partial charge on any atom is 0.255 e. The van der Waals surface area contributed by atoms with E-state index in [-0.39, 0.29) is 18.0 Å². The maximum atomic E-state index is 13.8. The molecule has 0 aliphatic carbocycles. The molecule has 3 atom stereocenters. The Bertz CT molecular complexity index is 1040. The molecule has 1 fully saturated rings. The minimum atomic E-state index is -2.02. The van der Waals surface area contributed by atoms with Gasteiger partial charge in [0.2, 0.25) is 5.79 Å². The van der Waals surface area contributed by atoms with Gasteiger partial charge in [0, 0.05) is 12.7 Å². The van der Waals surface area contributed by atoms with Gasteiger partial charge in [0.25, 0.3) is 5.91 Å². The number of rotatable bonds is 7. The highest BCUT2D eigenvalue weighted by Gasteiger charge is 2.65. The number of amides is 1. The Morgan fingerprint density at radius 2 is 1.41 bits per heavy atom. The average molecular weight is 446 g/mol. The lowest BCUT2D eigenvalue weighted by Gasteiger charge is -2.63. The molecule has 0 unspecified atom stereocenters. The van der Waals surface area contributed by atoms with Crippen LogP contribution in [-0.2, 0) is 15.6 Å². The molecule has 1 amide bonds. The third kappa shape index (κ3) is 4.28. The van der Waals surface area contributed by atoms with E-state index in [1.54, 1.807) is 7.11 Å². The molecule has 0 radical (unpaired) electrons. The van der Waals surface area contributed by atoms with E-state index in [0.29, 0.717) is 12.0 Å². The summed E-state index contributed by atoms with van der Waals surface area (Å²) in [6, 6.07) is 29.2. The Morgan fingerprint density at radius 3 is 1.94 bits per heavy atom. The van der Waals surface area contributed by atoms with E-state index in [0.717, 1.165) is 11.1 Å². The lowest BCUT2D eigenvalue weighted by Crippen LogP contribution is -2.76. The number of methoxy groups -OCH3 is 1. The average Bonchev–Trinajstić information content (AvgIpc) is 2.80. The van der Waals surface area contributed by atoms with Crippen molar-refractivity contribution in [3.05, 3.63) is 108 Å². The van der Waals surface area contributed by atoms with Crippen LogP contribution in [0.2, 0.25) is 19.6 Å². The summed E-state index contributed by atoms with van der Waals surface area (Å²) in [7, 11) is -0.317. The number of carbonyl (C=O) groups is 1. The molecule has 1 aliphatic heterocycles. The van der Waals surface area contributed by atoms with Crippen LogP contribution in [0.25, 0.3) is 0 Å². The quantitative estimate of drug-likeness (QED) is 0.346. The Hall–Kier alpha value is -2.73. The van der Waals surface area contributed by atoms with Crippen molar-refractivity contribution in [3.63, 3.8) is 0 Å². The normalized spacial score (nSPS) is 22.9. The van der Waals surface area contributed by atoms with Gasteiger partial charge in [-0.2, -0.15) is 0 Å². The largest absolute Gasteiger partial charge is 0.387 e. The Balaban J connectivity index is 1.83. The molecule has 3 aromatic rings. The molecular weight excluding hydrogens is 414 g/mol. The van der Waals surface area contributed by atoms with Crippen LogP contribution in [0, 0.1) is 0 Å². The summed E-state index contributed by atoms with van der Waals surface area (Å²) in [5.74, 6) is -0.918. The second-order valence-electron chi connectivity index (χ2n) is 9.24. The number of hydrogen-bond acceptors (Lipinski definition) is 3. The van der Waals surface area contributed by atoms with E-state index in [4.69, 9.17) is 9.16 Å². The van der Waals surface area contributed by atoms with Gasteiger partial charge in [-0.1, -0.05) is 78.9 Å². The number of likely N-dealkylation sites (tertiary alicyclic amines) is 1. The molecule has 0 N–H and O–H groups in total. The van der Waals surface area contributed by atoms with Crippen molar-refractivity contribution in [1.29, 1.82) is 0 Å². The van der Waals surface area contributed by atoms with E-state index < -0.39 is 14.1 Å². The third-order valence-electron chi connectivity index (χ3n) is 5.89. The first-order valence-corrected chi connectivity index (χ1v) is 14.5. The van der Waals surface area contributed by atoms with Crippen LogP contribution in [0.1, 0.15) is 27.5 Å². The minimum Gasteiger partial charge on any atom is -0.387 e. The third-order valence-corrected chi connectivity index (χ3v) is 6.82. The van der Waals surface area contributed by atoms with Gasteiger partial charge >= 0.3 is 0 Å². The van der Waals surface area contributed by atoms with Gasteiger partial charge in [-0.05, 0) is 49.3 Å². The van der Waals surface area contributed by atoms with Crippen LogP contribution in [0.15, 0.2) is 91.0 Å². The molecule has 166 valence electrons. The van der Waals surface area contributed by atoms with Crippen molar-refractivity contribution < 1.29 is 14.0 Å². The van der Waals surface area contributed by atoms with Gasteiger partial charge in [-0.25, -0.2) is 0 Å². The monoisotopic (exact) mass is 445 g/mol. The zero-order valence-electron chi connectivity index (χ0n) is 19.2. The molecule has 4 nitrogen and oxygen atoms in total. The predicted octanol–water partition coefficient (Wildman–Crippen LogP) is 5.69. The molecule has 0 bridgehead atoms. The first-order chi connectivity index (χ1) is 15.4. The molecule has 5 heteroatoms. The standard InChI is InChI=1S/C27H31NO3Si/c1-30-27(31-32(2,3)4)24(20-21-14-8-5-9-15-21)28(25(27)22-16-10-6-11-17-22)26(29)23-18-12-7-13-19-23/h5-19,24-25H,20H2,1-4H3/t24-,25+,27+/m0/s1. The van der Waals surface area contributed by atoms with Crippen molar-refractivity contribution in [2.24, 2.45) is 0 Å². The van der Waals surface area contributed by atoms with Crippen LogP contribution >= 0.6 is 0 Å². The highest BCUT2D eigenvalue weighted by Crippen LogP contribution is 2.53. The second-order valence-corrected chi connectivity index (χ2v) is 13.7. The highest BCUT2D eigenvalue weighted by molar-refractivity contribution is 6.69. The summed E-state index contributed by atoms with van der Waals surface area (Å²) in [5.41, 5.74) is 2.83. The number of benzene rings is 3. The van der Waals surface area contributed by atoms with E-state index in [1.165, 1.54) is 0 Å². The summed E-state index contributed by atoms with van der Waals surface area (Å²) in [6.07, 6.45) is 0.654. The van der Waals surface area contributed by atoms with Crippen molar-refractivity contribution in [1.82, 2.24) is 4.90 Å². The maximum absolute atomic E-state index is 13.8. The first kappa shape index (κ1) is 22.5. The molecule has 3 aromatic carbocycles. The molecule has 4 rings (SSSR count). The first-order valence-electron chi connectivity index (χ1n) is 11.1. The van der Waals surface area contributed by atoms with Crippen molar-refractivity contribution in [2.45, 2.75) is 43.9 Å². The molecule has 1 saturated heterocycles. The second kappa shape index (κ2) is 9.02. The van der Waals surface area contributed by atoms with Gasteiger partial charge in [0.05, 0.1) is 6.04 Å². The highest BCUT2D eigenvalue weighted by atomic mass is 28.4. The van der Waals surface area contributed by atoms with Crippen LogP contribution < -0.4 is 0 Å². The van der Waals surface area contributed by atoms with E-state index in [1.807, 2.05) is 71.6 Å². The van der Waals surface area contributed by atoms with Crippen molar-refractivity contribution >= 4 is 14.2 Å². The zero-order chi connectivity index (χ0) is 22.8.